The van der Waals surface area contributed by atoms with Crippen LogP contribution in [0.3, 0.4) is 0 Å². The van der Waals surface area contributed by atoms with E-state index in [1.807, 2.05) is 42.5 Å². The van der Waals surface area contributed by atoms with Gasteiger partial charge in [0.15, 0.2) is 10.3 Å². The van der Waals surface area contributed by atoms with Crippen LogP contribution in [0.5, 0.6) is 0 Å². The maximum Gasteiger partial charge on any atom is 0.257 e. The van der Waals surface area contributed by atoms with Crippen LogP contribution in [0.4, 0.5) is 17.6 Å². The molecule has 5 aromatic rings. The molecule has 1 unspecified atom stereocenters. The first kappa shape index (κ1) is 57.0. The van der Waals surface area contributed by atoms with Crippen molar-refractivity contribution in [1.82, 2.24) is 10.6 Å². The van der Waals surface area contributed by atoms with Gasteiger partial charge in [0.2, 0.25) is 0 Å². The number of benzene rings is 5. The molecule has 0 radical (unpaired) electrons. The molecule has 0 bridgehead atoms. The molecular weight excluding hydrogens is 1010 g/mol. The Morgan fingerprint density at radius 2 is 1.08 bits per heavy atom. The van der Waals surface area contributed by atoms with Gasteiger partial charge in [-0.05, 0) is 92.3 Å². The molecule has 2 fully saturated rings. The van der Waals surface area contributed by atoms with E-state index in [9.17, 15) is 27.9 Å². The number of aliphatic hydroxyl groups excluding tert-OH is 1. The van der Waals surface area contributed by atoms with E-state index in [1.54, 1.807) is 62.4 Å². The van der Waals surface area contributed by atoms with E-state index in [-0.39, 0.29) is 76.7 Å². The van der Waals surface area contributed by atoms with Crippen LogP contribution < -0.4 is 10.6 Å². The largest absolute Gasteiger partial charge is 0.394 e. The fourth-order valence-electron chi connectivity index (χ4n) is 8.69. The molecule has 17 heteroatoms. The van der Waals surface area contributed by atoms with Gasteiger partial charge in [0.25, 0.3) is 11.8 Å². The highest BCUT2D eigenvalue weighted by Gasteiger charge is 2.51. The molecule has 9 rings (SSSR count). The normalized spacial score (nSPS) is 22.1. The van der Waals surface area contributed by atoms with E-state index < -0.39 is 34.3 Å². The summed E-state index contributed by atoms with van der Waals surface area (Å²) in [6.45, 7) is 4.37. The zero-order valence-corrected chi connectivity index (χ0v) is 43.8. The number of carbonyl (C=O) groups is 2. The molecule has 10 nitrogen and oxygen atoms in total. The average molecular weight is 1060 g/mol. The summed E-state index contributed by atoms with van der Waals surface area (Å²) in [6.07, 6.45) is 0.561. The number of nitrogens with one attached hydrogen (secondary N) is 2. The Morgan fingerprint density at radius 1 is 0.649 bits per heavy atom. The summed E-state index contributed by atoms with van der Waals surface area (Å²) in [4.78, 5) is 34.8. The van der Waals surface area contributed by atoms with E-state index in [4.69, 9.17) is 24.2 Å². The maximum atomic E-state index is 15.1. The number of hydrogen-bond donors (Lipinski definition) is 3. The van der Waals surface area contributed by atoms with Gasteiger partial charge in [-0.1, -0.05) is 114 Å². The van der Waals surface area contributed by atoms with Gasteiger partial charge >= 0.3 is 0 Å². The molecule has 74 heavy (non-hydrogen) atoms. The lowest BCUT2D eigenvalue weighted by atomic mass is 9.75. The number of carbonyl (C=O) groups excluding carboxylic acids is 2. The van der Waals surface area contributed by atoms with E-state index >= 15 is 4.39 Å². The second kappa shape index (κ2) is 27.9. The van der Waals surface area contributed by atoms with E-state index in [0.29, 0.717) is 59.0 Å². The highest BCUT2D eigenvalue weighted by Crippen LogP contribution is 2.48. The number of amidine groups is 2. The SMILES string of the molecule is CC#CC#CC#CC.O=C(NC1=N[C@@]2(c3ccc(F)cc3F)CO[C@@H](CO)C[C@H]2CS1)c1ccccc1.O=C(NC1=N[C@@]2(c3ccc(F)cc3F)CO[C@@H](COCc3ccccc3)C[C@H]2CS1)c1ccccc1.P. The van der Waals surface area contributed by atoms with Crippen LogP contribution in [0, 0.1) is 70.6 Å². The molecule has 3 N–H and O–H groups in total. The summed E-state index contributed by atoms with van der Waals surface area (Å²) < 4.78 is 74.8. The molecule has 4 aliphatic rings. The highest BCUT2D eigenvalue weighted by atomic mass is 32.2. The van der Waals surface area contributed by atoms with Gasteiger partial charge in [-0.15, -0.1) is 0 Å². The number of rotatable bonds is 9. The molecule has 0 saturated carbocycles. The van der Waals surface area contributed by atoms with Crippen LogP contribution >= 0.6 is 33.4 Å². The molecule has 4 aliphatic heterocycles. The lowest BCUT2D eigenvalue weighted by Gasteiger charge is -2.46. The minimum atomic E-state index is -1.09. The van der Waals surface area contributed by atoms with Crippen LogP contribution in [0.1, 0.15) is 64.1 Å². The number of fused-ring (bicyclic) bond motifs is 2. The van der Waals surface area contributed by atoms with Gasteiger partial charge in [-0.2, -0.15) is 9.90 Å². The summed E-state index contributed by atoms with van der Waals surface area (Å²) in [7, 11) is 0. The molecule has 2 saturated heterocycles. The second-order valence-corrected chi connectivity index (χ2v) is 19.1. The minimum Gasteiger partial charge on any atom is -0.394 e. The van der Waals surface area contributed by atoms with Gasteiger partial charge < -0.3 is 30.0 Å². The van der Waals surface area contributed by atoms with Crippen LogP contribution in [0.15, 0.2) is 137 Å². The fourth-order valence-corrected chi connectivity index (χ4v) is 11.0. The quantitative estimate of drug-likeness (QED) is 0.0757. The Bertz CT molecular complexity index is 2960. The number of hydrogen-bond acceptors (Lipinski definition) is 10. The number of aliphatic imine (C=N–C) groups is 2. The van der Waals surface area contributed by atoms with E-state index in [1.165, 1.54) is 47.8 Å². The molecule has 7 atom stereocenters. The average Bonchev–Trinajstić information content (AvgIpc) is 3.41. The van der Waals surface area contributed by atoms with E-state index in [2.05, 4.69) is 46.2 Å². The van der Waals surface area contributed by atoms with Crippen LogP contribution in [0.2, 0.25) is 0 Å². The van der Waals surface area contributed by atoms with Crippen molar-refractivity contribution in [2.75, 3.05) is 37.9 Å². The zero-order valence-electron chi connectivity index (χ0n) is 40.7. The number of thioether (sulfide) groups is 2. The Hall–Kier alpha value is -6.25. The smallest absolute Gasteiger partial charge is 0.257 e. The molecule has 0 aliphatic carbocycles. The van der Waals surface area contributed by atoms with Crippen molar-refractivity contribution in [1.29, 1.82) is 0 Å². The predicted octanol–water partition coefficient (Wildman–Crippen LogP) is 9.50. The second-order valence-electron chi connectivity index (χ2n) is 17.1. The number of nitrogens with zero attached hydrogens (tertiary/aromatic N) is 2. The minimum absolute atomic E-state index is 0. The highest BCUT2D eigenvalue weighted by molar-refractivity contribution is 8.14. The Balaban J connectivity index is 0.000000211. The maximum absolute atomic E-state index is 15.1. The van der Waals surface area contributed by atoms with Gasteiger partial charge in [0.1, 0.15) is 34.3 Å². The predicted molar refractivity (Wildman–Crippen MR) is 288 cm³/mol. The summed E-state index contributed by atoms with van der Waals surface area (Å²) in [6, 6.07) is 34.4. The summed E-state index contributed by atoms with van der Waals surface area (Å²) in [5.41, 5.74) is 0.399. The number of amides is 2. The van der Waals surface area contributed by atoms with Crippen molar-refractivity contribution < 1.29 is 46.5 Å². The molecule has 0 spiro atoms. The first-order valence-corrected chi connectivity index (χ1v) is 25.3. The fraction of sp³-hybridized carbons (Fsp3) is 0.298. The summed E-state index contributed by atoms with van der Waals surface area (Å²) in [5.74, 6) is 13.2. The Kier molecular flexibility index (Phi) is 21.5. The molecule has 2 amide bonds. The lowest BCUT2D eigenvalue weighted by Crippen LogP contribution is -2.52. The topological polar surface area (TPSA) is 131 Å². The van der Waals surface area contributed by atoms with Gasteiger partial charge in [0, 0.05) is 57.7 Å². The molecule has 384 valence electrons. The third kappa shape index (κ3) is 14.7. The molecule has 5 aromatic carbocycles. The van der Waals surface area contributed by atoms with Crippen molar-refractivity contribution in [3.05, 3.63) is 178 Å². The molecule has 0 aromatic heterocycles. The van der Waals surface area contributed by atoms with E-state index in [0.717, 1.165) is 17.7 Å². The number of ether oxygens (including phenoxy) is 3. The monoisotopic (exact) mass is 1060 g/mol. The van der Waals surface area contributed by atoms with Crippen LogP contribution in [0.25, 0.3) is 0 Å². The third-order valence-electron chi connectivity index (χ3n) is 12.3. The van der Waals surface area contributed by atoms with Crippen molar-refractivity contribution in [2.45, 2.75) is 56.6 Å². The van der Waals surface area contributed by atoms with Crippen LogP contribution in [-0.2, 0) is 31.9 Å². The Morgan fingerprint density at radius 3 is 1.51 bits per heavy atom. The molecule has 4 heterocycles. The first-order valence-electron chi connectivity index (χ1n) is 23.3. The van der Waals surface area contributed by atoms with Gasteiger partial charge in [0.05, 0.1) is 45.2 Å². The zero-order chi connectivity index (χ0) is 51.6. The first-order chi connectivity index (χ1) is 35.5. The third-order valence-corrected chi connectivity index (χ3v) is 14.4. The standard InChI is InChI=1S/C28H26F2N2O3S.C21H20F2N2O3S.C8H6.H3P/c29-22-11-12-24(25(30)14-22)28-18-35-23(16-34-15-19-7-3-1-4-8-19)13-21(28)17-36-27(32-28)31-26(33)20-9-5-2-6-10-20;22-15-6-7-17(18(23)9-15)21-12-28-16(10-26)8-14(21)11-29-20(25-21)24-19(27)13-4-2-1-3-5-13;1-3-5-7-8-6-4-2;/h1-12,14,21,23H,13,15-18H2,(H,31,32,33);1-7,9,14,16,26H,8,10-12H2,(H,24,25,27);1-2H3;1H3/t21-,23+,28-;14-,16+,21-;;/m00../s1. The number of aliphatic hydroxyl groups is 1. The van der Waals surface area contributed by atoms with Gasteiger partial charge in [-0.25, -0.2) is 27.5 Å². The van der Waals surface area contributed by atoms with Crippen molar-refractivity contribution in [2.24, 2.45) is 21.8 Å². The Labute approximate surface area is 441 Å². The number of halogens is 4. The van der Waals surface area contributed by atoms with Crippen LogP contribution in [-0.4, -0.2) is 77.4 Å². The van der Waals surface area contributed by atoms with Crippen molar-refractivity contribution in [3.8, 4) is 35.5 Å². The van der Waals surface area contributed by atoms with Crippen molar-refractivity contribution >= 4 is 55.6 Å². The van der Waals surface area contributed by atoms with Gasteiger partial charge in [-0.3, -0.25) is 9.59 Å². The van der Waals surface area contributed by atoms with Crippen molar-refractivity contribution in [3.63, 3.8) is 0 Å². The molecular formula is C57H55F4N4O6PS2. The lowest BCUT2D eigenvalue weighted by molar-refractivity contribution is -0.0927. The summed E-state index contributed by atoms with van der Waals surface area (Å²) in [5, 5.41) is 15.9. The summed E-state index contributed by atoms with van der Waals surface area (Å²) >= 11 is 2.79.